The second-order valence-electron chi connectivity index (χ2n) is 6.01. The molecular weight excluding hydrogens is 340 g/mol. The Morgan fingerprint density at radius 1 is 1.12 bits per heavy atom. The van der Waals surface area contributed by atoms with E-state index in [1.54, 1.807) is 42.5 Å². The van der Waals surface area contributed by atoms with Gasteiger partial charge >= 0.3 is 0 Å². The molecule has 0 amide bonds. The molecule has 25 heavy (non-hydrogen) atoms. The van der Waals surface area contributed by atoms with Crippen molar-refractivity contribution in [1.82, 2.24) is 0 Å². The quantitative estimate of drug-likeness (QED) is 0.788. The Kier molecular flexibility index (Phi) is 3.42. The third kappa shape index (κ3) is 2.17. The first-order chi connectivity index (χ1) is 12.1. The van der Waals surface area contributed by atoms with E-state index in [1.165, 1.54) is 0 Å². The molecule has 1 heterocycles. The van der Waals surface area contributed by atoms with Crippen LogP contribution in [-0.2, 0) is 0 Å². The molecule has 0 spiro atoms. The maximum atomic E-state index is 12.9. The zero-order valence-electron chi connectivity index (χ0n) is 12.9. The van der Waals surface area contributed by atoms with E-state index in [4.69, 9.17) is 21.1 Å². The summed E-state index contributed by atoms with van der Waals surface area (Å²) in [6.45, 7) is 0.0911. The summed E-state index contributed by atoms with van der Waals surface area (Å²) < 4.78 is 10.6. The minimum absolute atomic E-state index is 0.0911. The normalized spacial score (nSPS) is 21.9. The average molecular weight is 351 g/mol. The molecule has 2 atom stereocenters. The van der Waals surface area contributed by atoms with Crippen LogP contribution in [0.2, 0.25) is 5.02 Å². The fourth-order valence-electron chi connectivity index (χ4n) is 3.43. The molecule has 1 aliphatic heterocycles. The molecule has 1 aliphatic carbocycles. The van der Waals surface area contributed by atoms with Crippen LogP contribution < -0.4 is 9.47 Å². The topological polar surface area (TPSA) is 83.1 Å². The van der Waals surface area contributed by atoms with Gasteiger partial charge in [0.1, 0.15) is 0 Å². The molecule has 5 nitrogen and oxygen atoms in total. The van der Waals surface area contributed by atoms with Gasteiger partial charge in [0.15, 0.2) is 22.7 Å². The Balaban J connectivity index is 1.78. The van der Waals surface area contributed by atoms with Crippen molar-refractivity contribution in [3.63, 3.8) is 0 Å². The molecule has 2 aromatic rings. The van der Waals surface area contributed by atoms with E-state index < -0.39 is 17.3 Å². The van der Waals surface area contributed by atoms with Gasteiger partial charge in [0.05, 0.1) is 18.1 Å². The number of benzene rings is 2. The predicted octanol–water partition coefficient (Wildman–Crippen LogP) is 3.70. The minimum Gasteiger partial charge on any atom is -0.454 e. The first-order valence-electron chi connectivity index (χ1n) is 7.63. The molecule has 1 saturated carbocycles. The van der Waals surface area contributed by atoms with Crippen LogP contribution in [0.5, 0.6) is 11.5 Å². The van der Waals surface area contributed by atoms with Gasteiger partial charge in [-0.05, 0) is 11.6 Å². The van der Waals surface area contributed by atoms with Crippen LogP contribution in [0.25, 0.3) is 0 Å². The van der Waals surface area contributed by atoms with Crippen molar-refractivity contribution in [2.45, 2.75) is 5.92 Å². The Bertz CT molecular complexity index is 945. The lowest BCUT2D eigenvalue weighted by atomic mass is 10.0. The van der Waals surface area contributed by atoms with E-state index in [1.807, 2.05) is 12.1 Å². The van der Waals surface area contributed by atoms with E-state index >= 15 is 0 Å². The van der Waals surface area contributed by atoms with Gasteiger partial charge in [0.25, 0.3) is 0 Å². The molecule has 6 heteroatoms. The highest BCUT2D eigenvalue weighted by molar-refractivity contribution is 6.31. The maximum Gasteiger partial charge on any atom is 0.231 e. The Morgan fingerprint density at radius 2 is 1.76 bits per heavy atom. The number of carbonyl (C=O) groups is 1. The number of nitriles is 2. The molecule has 0 radical (unpaired) electrons. The summed E-state index contributed by atoms with van der Waals surface area (Å²) in [7, 11) is 0. The minimum atomic E-state index is -1.43. The summed E-state index contributed by atoms with van der Waals surface area (Å²) in [5, 5.41) is 19.6. The van der Waals surface area contributed by atoms with E-state index in [-0.39, 0.29) is 12.6 Å². The van der Waals surface area contributed by atoms with Crippen LogP contribution >= 0.6 is 11.6 Å². The summed E-state index contributed by atoms with van der Waals surface area (Å²) in [6.07, 6.45) is 0. The zero-order valence-corrected chi connectivity index (χ0v) is 13.7. The van der Waals surface area contributed by atoms with E-state index in [2.05, 4.69) is 0 Å². The number of rotatable bonds is 3. The summed E-state index contributed by atoms with van der Waals surface area (Å²) >= 11 is 6.33. The van der Waals surface area contributed by atoms with Crippen molar-refractivity contribution in [3.05, 3.63) is 58.6 Å². The third-order valence-electron chi connectivity index (χ3n) is 4.74. The van der Waals surface area contributed by atoms with Gasteiger partial charge in [0, 0.05) is 22.6 Å². The number of halogens is 1. The summed E-state index contributed by atoms with van der Waals surface area (Å²) in [4.78, 5) is 12.9. The SMILES string of the molecule is N#CC1(C#N)C(C(=O)c2ccccc2)C1c1cc2c(cc1Cl)OCO2. The number of nitrogens with zero attached hydrogens (tertiary/aromatic N) is 2. The molecule has 4 rings (SSSR count). The molecule has 2 unspecified atom stereocenters. The third-order valence-corrected chi connectivity index (χ3v) is 5.07. The number of Topliss-reactive ketones (excluding diaryl/α,β-unsaturated/α-hetero) is 1. The molecule has 1 fully saturated rings. The highest BCUT2D eigenvalue weighted by Gasteiger charge is 2.71. The second kappa shape index (κ2) is 5.51. The van der Waals surface area contributed by atoms with Crippen molar-refractivity contribution in [2.24, 2.45) is 11.3 Å². The number of fused-ring (bicyclic) bond motifs is 1. The standard InChI is InChI=1S/C19H11ClN2O3/c20-13-7-15-14(24-10-25-15)6-12(13)16-17(19(16,8-21)9-22)18(23)11-4-2-1-3-5-11/h1-7,16-17H,10H2. The molecule has 2 aromatic carbocycles. The van der Waals surface area contributed by atoms with Gasteiger partial charge in [0.2, 0.25) is 6.79 Å². The summed E-state index contributed by atoms with van der Waals surface area (Å²) in [5.74, 6) is -0.579. The smallest absolute Gasteiger partial charge is 0.231 e. The van der Waals surface area contributed by atoms with E-state index in [0.29, 0.717) is 27.6 Å². The van der Waals surface area contributed by atoms with Crippen LogP contribution in [0, 0.1) is 34.0 Å². The number of ether oxygens (including phenoxy) is 2. The van der Waals surface area contributed by atoms with E-state index in [0.717, 1.165) is 0 Å². The average Bonchev–Trinajstić information content (AvgIpc) is 3.10. The molecule has 122 valence electrons. The first-order valence-corrected chi connectivity index (χ1v) is 8.01. The van der Waals surface area contributed by atoms with Crippen LogP contribution in [0.15, 0.2) is 42.5 Å². The maximum absolute atomic E-state index is 12.9. The fourth-order valence-corrected chi connectivity index (χ4v) is 3.70. The molecule has 0 N–H and O–H groups in total. The fraction of sp³-hybridized carbons (Fsp3) is 0.211. The molecular formula is C19H11ClN2O3. The van der Waals surface area contributed by atoms with E-state index in [9.17, 15) is 15.3 Å². The summed E-state index contributed by atoms with van der Waals surface area (Å²) in [5.41, 5.74) is -0.394. The van der Waals surface area contributed by atoms with Gasteiger partial charge in [-0.25, -0.2) is 0 Å². The molecule has 0 bridgehead atoms. The number of carbonyl (C=O) groups excluding carboxylic acids is 1. The Morgan fingerprint density at radius 3 is 2.40 bits per heavy atom. The highest BCUT2D eigenvalue weighted by Crippen LogP contribution is 2.66. The van der Waals surface area contributed by atoms with Crippen molar-refractivity contribution in [2.75, 3.05) is 6.79 Å². The van der Waals surface area contributed by atoms with Gasteiger partial charge in [-0.3, -0.25) is 4.79 Å². The lowest BCUT2D eigenvalue weighted by molar-refractivity contribution is 0.0958. The second-order valence-corrected chi connectivity index (χ2v) is 6.41. The number of hydrogen-bond acceptors (Lipinski definition) is 5. The molecule has 0 saturated heterocycles. The van der Waals surface area contributed by atoms with Crippen molar-refractivity contribution < 1.29 is 14.3 Å². The molecule has 0 aromatic heterocycles. The lowest BCUT2D eigenvalue weighted by Crippen LogP contribution is -2.08. The lowest BCUT2D eigenvalue weighted by Gasteiger charge is -2.06. The number of hydrogen-bond donors (Lipinski definition) is 0. The van der Waals surface area contributed by atoms with Gasteiger partial charge < -0.3 is 9.47 Å². The van der Waals surface area contributed by atoms with Crippen molar-refractivity contribution in [3.8, 4) is 23.6 Å². The van der Waals surface area contributed by atoms with Crippen LogP contribution in [0.4, 0.5) is 0 Å². The predicted molar refractivity (Wildman–Crippen MR) is 88.2 cm³/mol. The number of ketones is 1. The van der Waals surface area contributed by atoms with Gasteiger partial charge in [-0.1, -0.05) is 41.9 Å². The van der Waals surface area contributed by atoms with Crippen LogP contribution in [-0.4, -0.2) is 12.6 Å². The Hall–Kier alpha value is -3.02. The van der Waals surface area contributed by atoms with Gasteiger partial charge in [-0.2, -0.15) is 10.5 Å². The largest absolute Gasteiger partial charge is 0.454 e. The van der Waals surface area contributed by atoms with Gasteiger partial charge in [-0.15, -0.1) is 0 Å². The first kappa shape index (κ1) is 15.5. The molecule has 2 aliphatic rings. The van der Waals surface area contributed by atoms with Crippen LogP contribution in [0.1, 0.15) is 21.8 Å². The summed E-state index contributed by atoms with van der Waals surface area (Å²) in [6, 6.07) is 16.0. The Labute approximate surface area is 149 Å². The zero-order chi connectivity index (χ0) is 17.6. The van der Waals surface area contributed by atoms with Crippen molar-refractivity contribution >= 4 is 17.4 Å². The monoisotopic (exact) mass is 350 g/mol. The van der Waals surface area contributed by atoms with Crippen molar-refractivity contribution in [1.29, 1.82) is 10.5 Å². The highest BCUT2D eigenvalue weighted by atomic mass is 35.5. The van der Waals surface area contributed by atoms with Crippen LogP contribution in [0.3, 0.4) is 0 Å².